The highest BCUT2D eigenvalue weighted by atomic mass is 16.4. The van der Waals surface area contributed by atoms with Crippen molar-refractivity contribution in [1.29, 1.82) is 0 Å². The molecule has 0 bridgehead atoms. The topological polar surface area (TPSA) is 86.7 Å². The first kappa shape index (κ1) is 8.78. The lowest BCUT2D eigenvalue weighted by atomic mass is 10.3. The van der Waals surface area contributed by atoms with Gasteiger partial charge in [-0.1, -0.05) is 0 Å². The van der Waals surface area contributed by atoms with E-state index in [4.69, 9.17) is 4.42 Å². The number of H-pyrrole nitrogens is 2. The van der Waals surface area contributed by atoms with Crippen molar-refractivity contribution >= 4 is 22.6 Å². The molecule has 3 rings (SSSR count). The molecule has 6 heteroatoms. The van der Waals surface area contributed by atoms with Crippen LogP contribution in [-0.4, -0.2) is 15.0 Å². The predicted molar refractivity (Wildman–Crippen MR) is 58.7 cm³/mol. The quantitative estimate of drug-likeness (QED) is 0.607. The number of nitrogens with one attached hydrogen (secondary N) is 3. The smallest absolute Gasteiger partial charge is 0.408 e. The highest BCUT2D eigenvalue weighted by molar-refractivity contribution is 5.77. The molecule has 80 valence electrons. The molecule has 0 fully saturated rings. The van der Waals surface area contributed by atoms with Crippen molar-refractivity contribution in [1.82, 2.24) is 15.0 Å². The van der Waals surface area contributed by atoms with Crippen LogP contribution in [0.3, 0.4) is 0 Å². The molecular weight excluding hydrogens is 208 g/mol. The van der Waals surface area contributed by atoms with Crippen LogP contribution >= 0.6 is 0 Å². The van der Waals surface area contributed by atoms with Gasteiger partial charge < -0.3 is 14.7 Å². The van der Waals surface area contributed by atoms with E-state index >= 15 is 0 Å². The first-order valence-corrected chi connectivity index (χ1v) is 4.69. The van der Waals surface area contributed by atoms with Gasteiger partial charge in [0.25, 0.3) is 0 Å². The molecule has 2 aromatic heterocycles. The molecule has 0 amide bonds. The summed E-state index contributed by atoms with van der Waals surface area (Å²) in [7, 11) is 0. The second-order valence-electron chi connectivity index (χ2n) is 3.32. The minimum atomic E-state index is -0.450. The summed E-state index contributed by atoms with van der Waals surface area (Å²) in [5, 5.41) is 3.09. The second-order valence-corrected chi connectivity index (χ2v) is 3.32. The number of anilines is 2. The minimum Gasteiger partial charge on any atom is -0.408 e. The van der Waals surface area contributed by atoms with E-state index in [1.54, 1.807) is 24.7 Å². The average Bonchev–Trinajstić information content (AvgIpc) is 2.85. The zero-order valence-electron chi connectivity index (χ0n) is 8.15. The van der Waals surface area contributed by atoms with E-state index in [-0.39, 0.29) is 0 Å². The summed E-state index contributed by atoms with van der Waals surface area (Å²) in [6.45, 7) is 0. The van der Waals surface area contributed by atoms with Crippen LogP contribution in [0.4, 0.5) is 11.5 Å². The number of hydrogen-bond acceptors (Lipinski definition) is 4. The van der Waals surface area contributed by atoms with Crippen LogP contribution in [0.25, 0.3) is 11.1 Å². The molecule has 0 aliphatic rings. The molecular formula is C10H8N4O2. The van der Waals surface area contributed by atoms with Crippen LogP contribution in [0, 0.1) is 0 Å². The molecule has 3 N–H and O–H groups in total. The van der Waals surface area contributed by atoms with Crippen molar-refractivity contribution in [2.75, 3.05) is 5.32 Å². The number of fused-ring (bicyclic) bond motifs is 1. The fourth-order valence-electron chi connectivity index (χ4n) is 1.50. The molecule has 6 nitrogen and oxygen atoms in total. The zero-order valence-corrected chi connectivity index (χ0v) is 8.15. The molecule has 2 heterocycles. The maximum absolute atomic E-state index is 11.0. The van der Waals surface area contributed by atoms with Gasteiger partial charge in [-0.3, -0.25) is 4.98 Å². The highest BCUT2D eigenvalue weighted by Gasteiger charge is 2.02. The third-order valence-corrected chi connectivity index (χ3v) is 2.20. The van der Waals surface area contributed by atoms with Crippen LogP contribution in [0.5, 0.6) is 0 Å². The Balaban J connectivity index is 2.01. The van der Waals surface area contributed by atoms with Crippen molar-refractivity contribution < 1.29 is 4.42 Å². The summed E-state index contributed by atoms with van der Waals surface area (Å²) in [6.07, 6.45) is 3.24. The Hall–Kier alpha value is -2.50. The van der Waals surface area contributed by atoms with Gasteiger partial charge in [-0.05, 0) is 12.1 Å². The van der Waals surface area contributed by atoms with Crippen LogP contribution < -0.4 is 11.1 Å². The SMILES string of the molecule is O=c1[nH]c2ccc(Nc3cnc[nH]3)cc2o1. The Bertz CT molecular complexity index is 666. The Labute approximate surface area is 89.3 Å². The third-order valence-electron chi connectivity index (χ3n) is 2.20. The molecule has 0 radical (unpaired) electrons. The normalized spacial score (nSPS) is 10.8. The lowest BCUT2D eigenvalue weighted by Crippen LogP contribution is -1.92. The summed E-state index contributed by atoms with van der Waals surface area (Å²) in [6, 6.07) is 5.36. The molecule has 0 saturated heterocycles. The van der Waals surface area contributed by atoms with Gasteiger partial charge in [0.1, 0.15) is 5.82 Å². The predicted octanol–water partition coefficient (Wildman–Crippen LogP) is 1.59. The number of oxazole rings is 1. The van der Waals surface area contributed by atoms with Gasteiger partial charge >= 0.3 is 5.76 Å². The third kappa shape index (κ3) is 1.46. The van der Waals surface area contributed by atoms with Gasteiger partial charge in [-0.25, -0.2) is 9.78 Å². The molecule has 0 saturated carbocycles. The summed E-state index contributed by atoms with van der Waals surface area (Å²) in [5.41, 5.74) is 2.02. The monoisotopic (exact) mass is 216 g/mol. The standard InChI is InChI=1S/C10H8N4O2/c15-10-14-7-2-1-6(3-8(7)16-10)13-9-4-11-5-12-9/h1-5,13H,(H,11,12)(H,14,15). The van der Waals surface area contributed by atoms with E-state index in [2.05, 4.69) is 20.3 Å². The van der Waals surface area contributed by atoms with Crippen LogP contribution in [-0.2, 0) is 0 Å². The summed E-state index contributed by atoms with van der Waals surface area (Å²) >= 11 is 0. The lowest BCUT2D eigenvalue weighted by Gasteiger charge is -2.01. The van der Waals surface area contributed by atoms with E-state index in [9.17, 15) is 4.79 Å². The Morgan fingerprint density at radius 2 is 2.31 bits per heavy atom. The average molecular weight is 216 g/mol. The van der Waals surface area contributed by atoms with Gasteiger partial charge in [0, 0.05) is 11.8 Å². The largest absolute Gasteiger partial charge is 0.417 e. The van der Waals surface area contributed by atoms with Crippen LogP contribution in [0.1, 0.15) is 0 Å². The maximum Gasteiger partial charge on any atom is 0.417 e. The van der Waals surface area contributed by atoms with E-state index in [1.165, 1.54) is 0 Å². The first-order chi connectivity index (χ1) is 7.81. The number of imidazole rings is 1. The first-order valence-electron chi connectivity index (χ1n) is 4.69. The molecule has 3 aromatic rings. The second kappa shape index (κ2) is 3.27. The van der Waals surface area contributed by atoms with Gasteiger partial charge in [-0.2, -0.15) is 0 Å². The van der Waals surface area contributed by atoms with Crippen molar-refractivity contribution in [3.63, 3.8) is 0 Å². The summed E-state index contributed by atoms with van der Waals surface area (Å²) in [5.74, 6) is 0.325. The molecule has 16 heavy (non-hydrogen) atoms. The van der Waals surface area contributed by atoms with Gasteiger partial charge in [-0.15, -0.1) is 0 Å². The minimum absolute atomic E-state index is 0.450. The number of aromatic nitrogens is 3. The van der Waals surface area contributed by atoms with E-state index in [0.717, 1.165) is 11.5 Å². The Morgan fingerprint density at radius 3 is 3.12 bits per heavy atom. The van der Waals surface area contributed by atoms with Gasteiger partial charge in [0.05, 0.1) is 18.0 Å². The number of nitrogens with zero attached hydrogens (tertiary/aromatic N) is 1. The van der Waals surface area contributed by atoms with E-state index in [0.29, 0.717) is 11.1 Å². The molecule has 0 aliphatic heterocycles. The molecule has 0 aliphatic carbocycles. The summed E-state index contributed by atoms with van der Waals surface area (Å²) < 4.78 is 4.95. The molecule has 0 unspecified atom stereocenters. The zero-order chi connectivity index (χ0) is 11.0. The van der Waals surface area contributed by atoms with Gasteiger partial charge in [0.15, 0.2) is 5.58 Å². The number of hydrogen-bond donors (Lipinski definition) is 3. The van der Waals surface area contributed by atoms with Crippen LogP contribution in [0.2, 0.25) is 0 Å². The summed E-state index contributed by atoms with van der Waals surface area (Å²) in [4.78, 5) is 20.3. The van der Waals surface area contributed by atoms with E-state index < -0.39 is 5.76 Å². The van der Waals surface area contributed by atoms with Crippen molar-refractivity contribution in [2.45, 2.75) is 0 Å². The van der Waals surface area contributed by atoms with Crippen molar-refractivity contribution in [3.8, 4) is 0 Å². The van der Waals surface area contributed by atoms with Gasteiger partial charge in [0.2, 0.25) is 0 Å². The molecule has 1 aromatic carbocycles. The van der Waals surface area contributed by atoms with Crippen molar-refractivity contribution in [3.05, 3.63) is 41.3 Å². The molecule has 0 spiro atoms. The van der Waals surface area contributed by atoms with Crippen molar-refractivity contribution in [2.24, 2.45) is 0 Å². The Morgan fingerprint density at radius 1 is 1.38 bits per heavy atom. The maximum atomic E-state index is 11.0. The number of aromatic amines is 2. The Kier molecular flexibility index (Phi) is 1.79. The van der Waals surface area contributed by atoms with Crippen LogP contribution in [0.15, 0.2) is 39.9 Å². The fraction of sp³-hybridized carbons (Fsp3) is 0. The fourth-order valence-corrected chi connectivity index (χ4v) is 1.50. The molecule has 0 atom stereocenters. The van der Waals surface area contributed by atoms with E-state index in [1.807, 2.05) is 6.07 Å². The lowest BCUT2D eigenvalue weighted by molar-refractivity contribution is 0.555. The highest BCUT2D eigenvalue weighted by Crippen LogP contribution is 2.18. The number of rotatable bonds is 2. The number of benzene rings is 1.